The molecule has 1 aliphatic rings. The Labute approximate surface area is 99.9 Å². The van der Waals surface area contributed by atoms with Crippen LogP contribution in [0.4, 0.5) is 0 Å². The van der Waals surface area contributed by atoms with Gasteiger partial charge in [0.15, 0.2) is 0 Å². The number of nitrogens with zero attached hydrogens (tertiary/aromatic N) is 1. The first-order valence-corrected chi connectivity index (χ1v) is 5.66. The first-order chi connectivity index (χ1) is 8.05. The zero-order valence-electron chi connectivity index (χ0n) is 9.72. The highest BCUT2D eigenvalue weighted by atomic mass is 16.4. The van der Waals surface area contributed by atoms with Crippen LogP contribution in [0.2, 0.25) is 0 Å². The van der Waals surface area contributed by atoms with Gasteiger partial charge in [0.2, 0.25) is 0 Å². The van der Waals surface area contributed by atoms with Crippen molar-refractivity contribution in [3.63, 3.8) is 0 Å². The van der Waals surface area contributed by atoms with Gasteiger partial charge < -0.3 is 10.0 Å². The summed E-state index contributed by atoms with van der Waals surface area (Å²) in [5.74, 6) is -1.13. The highest BCUT2D eigenvalue weighted by molar-refractivity contribution is 5.98. The standard InChI is InChI=1S/C13H15NO3/c1-13(12(16)17)8-5-9-14(13)11(15)10-6-3-2-4-7-10/h2-4,6-7H,5,8-9H2,1H3,(H,16,17)/t13-/m1/s1. The summed E-state index contributed by atoms with van der Waals surface area (Å²) >= 11 is 0. The number of amides is 1. The van der Waals surface area contributed by atoms with Crippen molar-refractivity contribution in [2.24, 2.45) is 0 Å². The van der Waals surface area contributed by atoms with Gasteiger partial charge in [-0.2, -0.15) is 0 Å². The summed E-state index contributed by atoms with van der Waals surface area (Å²) in [7, 11) is 0. The summed E-state index contributed by atoms with van der Waals surface area (Å²) in [5.41, 5.74) is -0.519. The van der Waals surface area contributed by atoms with Gasteiger partial charge in [0.25, 0.3) is 5.91 Å². The zero-order valence-corrected chi connectivity index (χ0v) is 9.72. The van der Waals surface area contributed by atoms with Crippen LogP contribution in [0, 0.1) is 0 Å². The molecule has 1 aliphatic heterocycles. The van der Waals surface area contributed by atoms with Crippen molar-refractivity contribution in [1.29, 1.82) is 0 Å². The quantitative estimate of drug-likeness (QED) is 0.846. The van der Waals surface area contributed by atoms with Gasteiger partial charge in [0.05, 0.1) is 0 Å². The van der Waals surface area contributed by atoms with Crippen molar-refractivity contribution >= 4 is 11.9 Å². The van der Waals surface area contributed by atoms with Crippen molar-refractivity contribution < 1.29 is 14.7 Å². The lowest BCUT2D eigenvalue weighted by Gasteiger charge is -2.31. The van der Waals surface area contributed by atoms with E-state index in [0.29, 0.717) is 18.5 Å². The molecule has 1 aromatic rings. The summed E-state index contributed by atoms with van der Waals surface area (Å²) in [4.78, 5) is 25.0. The maximum atomic E-state index is 12.2. The van der Waals surface area contributed by atoms with Crippen LogP contribution in [-0.4, -0.2) is 34.0 Å². The molecule has 0 bridgehead atoms. The van der Waals surface area contributed by atoms with Crippen LogP contribution in [0.1, 0.15) is 30.1 Å². The molecule has 1 amide bonds. The van der Waals surface area contributed by atoms with Crippen LogP contribution in [0.5, 0.6) is 0 Å². The SMILES string of the molecule is C[C@]1(C(=O)O)CCCN1C(=O)c1ccccc1. The normalized spacial score (nSPS) is 23.7. The van der Waals surface area contributed by atoms with Crippen molar-refractivity contribution in [3.05, 3.63) is 35.9 Å². The van der Waals surface area contributed by atoms with Crippen LogP contribution in [0.25, 0.3) is 0 Å². The highest BCUT2D eigenvalue weighted by Crippen LogP contribution is 2.30. The van der Waals surface area contributed by atoms with Crippen LogP contribution in [0.3, 0.4) is 0 Å². The molecule has 2 rings (SSSR count). The summed E-state index contributed by atoms with van der Waals surface area (Å²) in [5, 5.41) is 9.24. The summed E-state index contributed by atoms with van der Waals surface area (Å²) in [6.45, 7) is 2.12. The molecule has 90 valence electrons. The smallest absolute Gasteiger partial charge is 0.329 e. The Balaban J connectivity index is 2.29. The molecule has 0 unspecified atom stereocenters. The lowest BCUT2D eigenvalue weighted by molar-refractivity contribution is -0.147. The number of carboxylic acids is 1. The molecule has 1 fully saturated rings. The Morgan fingerprint density at radius 3 is 2.53 bits per heavy atom. The number of carbonyl (C=O) groups is 2. The van der Waals surface area contributed by atoms with Crippen molar-refractivity contribution in [1.82, 2.24) is 4.90 Å². The van der Waals surface area contributed by atoms with Crippen molar-refractivity contribution in [2.45, 2.75) is 25.3 Å². The minimum absolute atomic E-state index is 0.201. The average molecular weight is 233 g/mol. The molecule has 4 nitrogen and oxygen atoms in total. The predicted octanol–water partition coefficient (Wildman–Crippen LogP) is 1.77. The highest BCUT2D eigenvalue weighted by Gasteiger charge is 2.45. The van der Waals surface area contributed by atoms with Gasteiger partial charge in [0, 0.05) is 12.1 Å². The number of rotatable bonds is 2. The van der Waals surface area contributed by atoms with E-state index in [1.54, 1.807) is 31.2 Å². The Hall–Kier alpha value is -1.84. The third-order valence-electron chi connectivity index (χ3n) is 3.37. The molecule has 1 aromatic carbocycles. The molecule has 0 saturated carbocycles. The fourth-order valence-corrected chi connectivity index (χ4v) is 2.25. The molecule has 1 heterocycles. The summed E-state index contributed by atoms with van der Waals surface area (Å²) in [6.07, 6.45) is 1.25. The van der Waals surface area contributed by atoms with E-state index in [9.17, 15) is 14.7 Å². The third-order valence-corrected chi connectivity index (χ3v) is 3.37. The number of carbonyl (C=O) groups excluding carboxylic acids is 1. The monoisotopic (exact) mass is 233 g/mol. The lowest BCUT2D eigenvalue weighted by atomic mass is 9.98. The van der Waals surface area contributed by atoms with Crippen molar-refractivity contribution in [2.75, 3.05) is 6.54 Å². The Morgan fingerprint density at radius 1 is 1.29 bits per heavy atom. The van der Waals surface area contributed by atoms with Gasteiger partial charge in [-0.05, 0) is 31.9 Å². The van der Waals surface area contributed by atoms with Gasteiger partial charge in [-0.25, -0.2) is 4.79 Å². The second-order valence-corrected chi connectivity index (χ2v) is 4.51. The van der Waals surface area contributed by atoms with Gasteiger partial charge in [-0.3, -0.25) is 4.79 Å². The summed E-state index contributed by atoms with van der Waals surface area (Å²) < 4.78 is 0. The number of carboxylic acid groups (broad SMARTS) is 1. The Kier molecular flexibility index (Phi) is 2.88. The molecule has 17 heavy (non-hydrogen) atoms. The maximum absolute atomic E-state index is 12.2. The largest absolute Gasteiger partial charge is 0.480 e. The second kappa shape index (κ2) is 4.20. The molecule has 1 N–H and O–H groups in total. The molecular formula is C13H15NO3. The zero-order chi connectivity index (χ0) is 12.5. The molecule has 1 saturated heterocycles. The number of benzene rings is 1. The minimum Gasteiger partial charge on any atom is -0.480 e. The van der Waals surface area contributed by atoms with Gasteiger partial charge in [0.1, 0.15) is 5.54 Å². The van der Waals surface area contributed by atoms with Crippen LogP contribution in [0.15, 0.2) is 30.3 Å². The maximum Gasteiger partial charge on any atom is 0.329 e. The number of likely N-dealkylation sites (tertiary alicyclic amines) is 1. The van der Waals surface area contributed by atoms with E-state index in [1.807, 2.05) is 6.07 Å². The van der Waals surface area contributed by atoms with E-state index in [1.165, 1.54) is 4.90 Å². The molecule has 0 aliphatic carbocycles. The van der Waals surface area contributed by atoms with Gasteiger partial charge in [-0.15, -0.1) is 0 Å². The van der Waals surface area contributed by atoms with E-state index in [0.717, 1.165) is 6.42 Å². The van der Waals surface area contributed by atoms with E-state index in [-0.39, 0.29) is 5.91 Å². The van der Waals surface area contributed by atoms with Crippen LogP contribution in [-0.2, 0) is 4.79 Å². The number of hydrogen-bond acceptors (Lipinski definition) is 2. The molecule has 0 aromatic heterocycles. The summed E-state index contributed by atoms with van der Waals surface area (Å²) in [6, 6.07) is 8.81. The lowest BCUT2D eigenvalue weighted by Crippen LogP contribution is -2.50. The minimum atomic E-state index is -1.06. The van der Waals surface area contributed by atoms with Crippen molar-refractivity contribution in [3.8, 4) is 0 Å². The number of aliphatic carboxylic acids is 1. The molecule has 4 heteroatoms. The molecular weight excluding hydrogens is 218 g/mol. The van der Waals surface area contributed by atoms with E-state index >= 15 is 0 Å². The molecule has 0 spiro atoms. The molecule has 1 atom stereocenters. The van der Waals surface area contributed by atoms with E-state index < -0.39 is 11.5 Å². The van der Waals surface area contributed by atoms with Crippen LogP contribution >= 0.6 is 0 Å². The third kappa shape index (κ3) is 1.90. The average Bonchev–Trinajstić information content (AvgIpc) is 2.73. The fourth-order valence-electron chi connectivity index (χ4n) is 2.25. The van der Waals surface area contributed by atoms with E-state index in [2.05, 4.69) is 0 Å². The van der Waals surface area contributed by atoms with E-state index in [4.69, 9.17) is 0 Å². The van der Waals surface area contributed by atoms with Gasteiger partial charge in [-0.1, -0.05) is 18.2 Å². The first-order valence-electron chi connectivity index (χ1n) is 5.66. The Morgan fingerprint density at radius 2 is 1.94 bits per heavy atom. The first kappa shape index (κ1) is 11.6. The Bertz CT molecular complexity index is 443. The predicted molar refractivity (Wildman–Crippen MR) is 62.8 cm³/mol. The molecule has 0 radical (unpaired) electrons. The van der Waals surface area contributed by atoms with Crippen LogP contribution < -0.4 is 0 Å². The number of hydrogen-bond donors (Lipinski definition) is 1. The van der Waals surface area contributed by atoms with Gasteiger partial charge >= 0.3 is 5.97 Å². The second-order valence-electron chi connectivity index (χ2n) is 4.51. The topological polar surface area (TPSA) is 57.6 Å². The fraction of sp³-hybridized carbons (Fsp3) is 0.385.